The molecule has 126 valence electrons. The fourth-order valence-corrected chi connectivity index (χ4v) is 3.42. The molecule has 1 aliphatic carbocycles. The smallest absolute Gasteiger partial charge is 0.0575 e. The molecule has 1 heteroatoms. The Balaban J connectivity index is 1.92. The van der Waals surface area contributed by atoms with Gasteiger partial charge in [0.2, 0.25) is 0 Å². The normalized spacial score (nSPS) is 18.7. The molecule has 0 atom stereocenters. The maximum Gasteiger partial charge on any atom is 0.0575 e. The average Bonchev–Trinajstić information content (AvgIpc) is 2.51. The Morgan fingerprint density at radius 2 is 1.10 bits per heavy atom. The van der Waals surface area contributed by atoms with Crippen LogP contribution in [0.15, 0.2) is 0 Å². The second-order valence-corrected chi connectivity index (χ2v) is 7.02. The van der Waals surface area contributed by atoms with E-state index in [0.717, 1.165) is 6.61 Å². The lowest BCUT2D eigenvalue weighted by atomic mass is 9.99. The molecule has 1 nitrogen and oxygen atoms in total. The van der Waals surface area contributed by atoms with Gasteiger partial charge < -0.3 is 4.74 Å². The molecule has 1 rings (SSSR count). The van der Waals surface area contributed by atoms with Crippen LogP contribution in [-0.2, 0) is 4.74 Å². The van der Waals surface area contributed by atoms with E-state index in [1.807, 2.05) is 0 Å². The number of unbranched alkanes of at least 4 members (excludes halogenated alkanes) is 7. The number of ether oxygens (including phenoxy) is 1. The maximum absolute atomic E-state index is 6.16. The fourth-order valence-electron chi connectivity index (χ4n) is 3.42. The van der Waals surface area contributed by atoms with E-state index < -0.39 is 0 Å². The van der Waals surface area contributed by atoms with Crippen LogP contribution in [-0.4, -0.2) is 12.7 Å². The minimum Gasteiger partial charge on any atom is -0.378 e. The quantitative estimate of drug-likeness (QED) is 0.393. The predicted octanol–water partition coefficient (Wildman–Crippen LogP) is 7.04. The Kier molecular flexibility index (Phi) is 13.5. The van der Waals surface area contributed by atoms with Gasteiger partial charge in [-0.15, -0.1) is 0 Å². The van der Waals surface area contributed by atoms with Crippen LogP contribution in [0.4, 0.5) is 0 Å². The van der Waals surface area contributed by atoms with Gasteiger partial charge in [-0.1, -0.05) is 96.8 Å². The predicted molar refractivity (Wildman–Crippen MR) is 93.9 cm³/mol. The molecule has 0 aromatic rings. The molecule has 0 aromatic heterocycles. The van der Waals surface area contributed by atoms with Crippen molar-refractivity contribution in [3.8, 4) is 0 Å². The van der Waals surface area contributed by atoms with Gasteiger partial charge in [-0.05, 0) is 19.3 Å². The molecule has 0 heterocycles. The molecule has 0 N–H and O–H groups in total. The van der Waals surface area contributed by atoms with E-state index in [4.69, 9.17) is 4.74 Å². The third kappa shape index (κ3) is 12.2. The Morgan fingerprint density at radius 1 is 0.619 bits per heavy atom. The maximum atomic E-state index is 6.16. The van der Waals surface area contributed by atoms with Crippen molar-refractivity contribution in [3.63, 3.8) is 0 Å². The van der Waals surface area contributed by atoms with Crippen molar-refractivity contribution in [2.24, 2.45) is 0 Å². The molecule has 1 saturated carbocycles. The molecular weight excluding hydrogens is 256 g/mol. The van der Waals surface area contributed by atoms with Crippen LogP contribution in [0.25, 0.3) is 0 Å². The first-order valence-electron chi connectivity index (χ1n) is 10.0. The van der Waals surface area contributed by atoms with Crippen LogP contribution in [0.5, 0.6) is 0 Å². The van der Waals surface area contributed by atoms with E-state index in [-0.39, 0.29) is 0 Å². The molecule has 0 radical (unpaired) electrons. The first kappa shape index (κ1) is 19.0. The Morgan fingerprint density at radius 3 is 1.67 bits per heavy atom. The van der Waals surface area contributed by atoms with Crippen molar-refractivity contribution in [3.05, 3.63) is 0 Å². The lowest BCUT2D eigenvalue weighted by Gasteiger charge is -2.19. The third-order valence-electron chi connectivity index (χ3n) is 4.90. The summed E-state index contributed by atoms with van der Waals surface area (Å²) in [5, 5.41) is 0. The van der Waals surface area contributed by atoms with E-state index in [1.165, 1.54) is 109 Å². The highest BCUT2D eigenvalue weighted by atomic mass is 16.5. The van der Waals surface area contributed by atoms with Crippen molar-refractivity contribution in [1.82, 2.24) is 0 Å². The zero-order valence-corrected chi connectivity index (χ0v) is 14.7. The topological polar surface area (TPSA) is 9.23 Å². The summed E-state index contributed by atoms with van der Waals surface area (Å²) in [5.41, 5.74) is 0. The summed E-state index contributed by atoms with van der Waals surface area (Å²) in [6.07, 6.45) is 24.4. The van der Waals surface area contributed by atoms with Crippen LogP contribution in [0.2, 0.25) is 0 Å². The van der Waals surface area contributed by atoms with Crippen LogP contribution in [0.3, 0.4) is 0 Å². The highest BCUT2D eigenvalue weighted by molar-refractivity contribution is 4.62. The van der Waals surface area contributed by atoms with Crippen molar-refractivity contribution >= 4 is 0 Å². The number of hydrogen-bond acceptors (Lipinski definition) is 1. The molecule has 0 unspecified atom stereocenters. The molecule has 0 bridgehead atoms. The number of rotatable bonds is 10. The molecule has 21 heavy (non-hydrogen) atoms. The van der Waals surface area contributed by atoms with Crippen LogP contribution in [0, 0.1) is 0 Å². The second kappa shape index (κ2) is 14.9. The molecular formula is C20H40O. The molecule has 0 saturated heterocycles. The van der Waals surface area contributed by atoms with Gasteiger partial charge in [0, 0.05) is 6.61 Å². The van der Waals surface area contributed by atoms with E-state index in [1.54, 1.807) is 0 Å². The summed E-state index contributed by atoms with van der Waals surface area (Å²) in [7, 11) is 0. The lowest BCUT2D eigenvalue weighted by Crippen LogP contribution is -2.14. The van der Waals surface area contributed by atoms with Crippen molar-refractivity contribution in [1.29, 1.82) is 0 Å². The zero-order valence-electron chi connectivity index (χ0n) is 14.7. The van der Waals surface area contributed by atoms with E-state index in [0.29, 0.717) is 6.10 Å². The van der Waals surface area contributed by atoms with E-state index >= 15 is 0 Å². The largest absolute Gasteiger partial charge is 0.378 e. The van der Waals surface area contributed by atoms with Crippen LogP contribution in [0.1, 0.15) is 116 Å². The summed E-state index contributed by atoms with van der Waals surface area (Å²) in [6.45, 7) is 3.30. The van der Waals surface area contributed by atoms with Crippen LogP contribution >= 0.6 is 0 Å². The summed E-state index contributed by atoms with van der Waals surface area (Å²) in [4.78, 5) is 0. The van der Waals surface area contributed by atoms with Crippen molar-refractivity contribution < 1.29 is 4.74 Å². The molecule has 0 aromatic carbocycles. The summed E-state index contributed by atoms with van der Waals surface area (Å²) in [5.74, 6) is 0. The molecule has 1 fully saturated rings. The van der Waals surface area contributed by atoms with Crippen LogP contribution < -0.4 is 0 Å². The van der Waals surface area contributed by atoms with Gasteiger partial charge in [-0.25, -0.2) is 0 Å². The lowest BCUT2D eigenvalue weighted by molar-refractivity contribution is 0.0350. The molecule has 0 aliphatic heterocycles. The minimum absolute atomic E-state index is 0.577. The summed E-state index contributed by atoms with van der Waals surface area (Å²) >= 11 is 0. The average molecular weight is 297 g/mol. The highest BCUT2D eigenvalue weighted by Crippen LogP contribution is 2.19. The van der Waals surface area contributed by atoms with Crippen molar-refractivity contribution in [2.75, 3.05) is 6.61 Å². The van der Waals surface area contributed by atoms with Gasteiger partial charge in [-0.3, -0.25) is 0 Å². The Labute approximate surface area is 134 Å². The van der Waals surface area contributed by atoms with Gasteiger partial charge in [0.1, 0.15) is 0 Å². The fraction of sp³-hybridized carbons (Fsp3) is 1.00. The molecule has 0 amide bonds. The third-order valence-corrected chi connectivity index (χ3v) is 4.90. The molecule has 1 aliphatic rings. The standard InChI is InChI=1S/C20H40O/c1-2-3-4-5-6-10-13-16-19-21-20-17-14-11-8-7-9-12-15-18-20/h20H,2-19H2,1H3. The first-order chi connectivity index (χ1) is 10.4. The zero-order chi connectivity index (χ0) is 15.0. The van der Waals surface area contributed by atoms with Gasteiger partial charge in [0.15, 0.2) is 0 Å². The summed E-state index contributed by atoms with van der Waals surface area (Å²) < 4.78 is 6.16. The number of hydrogen-bond donors (Lipinski definition) is 0. The first-order valence-corrected chi connectivity index (χ1v) is 10.0. The minimum atomic E-state index is 0.577. The Bertz CT molecular complexity index is 192. The summed E-state index contributed by atoms with van der Waals surface area (Å²) in [6, 6.07) is 0. The molecule has 0 spiro atoms. The van der Waals surface area contributed by atoms with Crippen molar-refractivity contribution in [2.45, 2.75) is 122 Å². The van der Waals surface area contributed by atoms with Gasteiger partial charge in [0.05, 0.1) is 6.10 Å². The Hall–Kier alpha value is -0.0400. The van der Waals surface area contributed by atoms with Gasteiger partial charge >= 0.3 is 0 Å². The van der Waals surface area contributed by atoms with E-state index in [9.17, 15) is 0 Å². The monoisotopic (exact) mass is 296 g/mol. The van der Waals surface area contributed by atoms with E-state index in [2.05, 4.69) is 6.92 Å². The SMILES string of the molecule is CCCCCCCCCCOC1CCCCCCCCC1. The second-order valence-electron chi connectivity index (χ2n) is 7.02. The van der Waals surface area contributed by atoms with Gasteiger partial charge in [0.25, 0.3) is 0 Å². The highest BCUT2D eigenvalue weighted by Gasteiger charge is 2.10. The van der Waals surface area contributed by atoms with Gasteiger partial charge in [-0.2, -0.15) is 0 Å².